The lowest BCUT2D eigenvalue weighted by atomic mass is 9.90. The van der Waals surface area contributed by atoms with Crippen LogP contribution in [0.15, 0.2) is 499 Å². The van der Waals surface area contributed by atoms with Gasteiger partial charge >= 0.3 is 0 Å². The second-order valence-corrected chi connectivity index (χ2v) is 37.4. The lowest BCUT2D eigenvalue weighted by Crippen LogP contribution is -1.90. The van der Waals surface area contributed by atoms with Crippen LogP contribution in [0.1, 0.15) is 0 Å². The normalized spacial score (nSPS) is 11.6. The van der Waals surface area contributed by atoms with Crippen molar-refractivity contribution in [3.63, 3.8) is 0 Å². The molecule has 0 unspecified atom stereocenters. The number of rotatable bonds is 10. The van der Waals surface area contributed by atoms with Gasteiger partial charge in [-0.2, -0.15) is 0 Å². The molecule has 6 aromatic heterocycles. The van der Waals surface area contributed by atoms with Crippen LogP contribution in [0, 0.1) is 0 Å². The van der Waals surface area contributed by atoms with Gasteiger partial charge in [-0.1, -0.05) is 364 Å². The van der Waals surface area contributed by atoms with E-state index < -0.39 is 0 Å². The summed E-state index contributed by atoms with van der Waals surface area (Å²) in [5.74, 6) is 0. The molecule has 0 atom stereocenters. The molecule has 0 saturated heterocycles. The van der Waals surface area contributed by atoms with Gasteiger partial charge in [0.25, 0.3) is 0 Å². The molecule has 144 heavy (non-hydrogen) atoms. The van der Waals surface area contributed by atoms with Crippen molar-refractivity contribution in [3.8, 4) is 112 Å². The summed E-state index contributed by atoms with van der Waals surface area (Å²) in [5.41, 5.74) is 29.7. The van der Waals surface area contributed by atoms with Crippen LogP contribution in [0.2, 0.25) is 0 Å². The van der Waals surface area contributed by atoms with Gasteiger partial charge in [-0.3, -0.25) is 15.0 Å². The topological polar surface area (TPSA) is 92.1 Å². The summed E-state index contributed by atoms with van der Waals surface area (Å²) in [6.07, 6.45) is 11.4. The number of hydrogen-bond donors (Lipinski definition) is 0. The zero-order valence-electron chi connectivity index (χ0n) is 79.4. The number of hydrogen-bond acceptors (Lipinski definition) is 6. The zero-order valence-corrected chi connectivity index (χ0v) is 79.4. The third-order valence-electron chi connectivity index (χ3n) is 29.0. The van der Waals surface area contributed by atoms with E-state index in [1.54, 1.807) is 0 Å². The molecule has 9 nitrogen and oxygen atoms in total. The molecule has 29 aromatic rings. The highest BCUT2D eigenvalue weighted by Gasteiger charge is 2.22. The van der Waals surface area contributed by atoms with Crippen LogP contribution in [0.25, 0.3) is 274 Å². The Bertz CT molecular complexity index is 9730. The van der Waals surface area contributed by atoms with E-state index in [4.69, 9.17) is 9.97 Å². The number of nitrogens with zero attached hydrogens (tertiary/aromatic N) is 9. The van der Waals surface area contributed by atoms with Gasteiger partial charge < -0.3 is 13.7 Å². The zero-order chi connectivity index (χ0) is 95.8. The average Bonchev–Trinajstić information content (AvgIpc) is 1.08. The van der Waals surface area contributed by atoms with Crippen molar-refractivity contribution in [2.45, 2.75) is 0 Å². The van der Waals surface area contributed by atoms with Gasteiger partial charge in [0.15, 0.2) is 0 Å². The predicted molar refractivity (Wildman–Crippen MR) is 606 cm³/mol. The molecule has 0 saturated carbocycles. The van der Waals surface area contributed by atoms with Gasteiger partial charge in [-0.15, -0.1) is 0 Å². The van der Waals surface area contributed by atoms with Gasteiger partial charge in [0.05, 0.1) is 69.2 Å². The highest BCUT2D eigenvalue weighted by Crippen LogP contribution is 2.47. The van der Waals surface area contributed by atoms with Crippen molar-refractivity contribution in [2.75, 3.05) is 0 Å². The Hall–Kier alpha value is -19.0. The minimum absolute atomic E-state index is 0.974. The maximum atomic E-state index is 4.75. The van der Waals surface area contributed by atoms with E-state index in [9.17, 15) is 0 Å². The highest BCUT2D eigenvalue weighted by molar-refractivity contribution is 6.30. The Morgan fingerprint density at radius 1 is 0.132 bits per heavy atom. The monoisotopic (exact) mass is 1840 g/mol. The lowest BCUT2D eigenvalue weighted by molar-refractivity contribution is 0.948. The van der Waals surface area contributed by atoms with Crippen molar-refractivity contribution in [1.82, 2.24) is 43.6 Å². The second kappa shape index (κ2) is 36.1. The highest BCUT2D eigenvalue weighted by atomic mass is 15.0. The molecule has 0 N–H and O–H groups in total. The first kappa shape index (κ1) is 85.5. The van der Waals surface area contributed by atoms with E-state index in [1.807, 2.05) is 55.8 Å². The molecule has 0 bridgehead atoms. The number of aryl methyl sites for hydroxylation is 3. The molecule has 676 valence electrons. The largest absolute Gasteiger partial charge is 0.333 e. The van der Waals surface area contributed by atoms with E-state index in [2.05, 4.69) is 498 Å². The van der Waals surface area contributed by atoms with Gasteiger partial charge in [-0.25, -0.2) is 15.0 Å². The maximum absolute atomic E-state index is 4.75. The van der Waals surface area contributed by atoms with Crippen molar-refractivity contribution in [2.24, 2.45) is 21.1 Å². The molecule has 29 rings (SSSR count). The fraction of sp³-hybridized carbons (Fsp3) is 0.0222. The molecule has 6 heterocycles. The summed E-state index contributed by atoms with van der Waals surface area (Å²) in [5, 5.41) is 30.5. The van der Waals surface area contributed by atoms with Gasteiger partial charge in [0.1, 0.15) is 0 Å². The van der Waals surface area contributed by atoms with Crippen molar-refractivity contribution >= 4 is 162 Å². The molecule has 0 amide bonds. The van der Waals surface area contributed by atoms with Crippen molar-refractivity contribution in [1.29, 1.82) is 0 Å². The molecule has 0 aliphatic heterocycles. The van der Waals surface area contributed by atoms with Crippen LogP contribution in [0.5, 0.6) is 0 Å². The molecule has 0 spiro atoms. The molecular weight excluding hydrogens is 1750 g/mol. The van der Waals surface area contributed by atoms with Gasteiger partial charge in [0, 0.05) is 73.1 Å². The maximum Gasteiger partial charge on any atom is 0.0955 e. The Labute approximate surface area is 831 Å². The quantitative estimate of drug-likeness (QED) is 0.127. The molecule has 0 aliphatic rings. The molecule has 9 heteroatoms. The fourth-order valence-electron chi connectivity index (χ4n) is 22.1. The van der Waals surface area contributed by atoms with E-state index in [1.165, 1.54) is 213 Å². The Kier molecular flexibility index (Phi) is 21.4. The van der Waals surface area contributed by atoms with Crippen LogP contribution in [-0.2, 0) is 21.1 Å². The number of aromatic nitrogens is 9. The summed E-state index contributed by atoms with van der Waals surface area (Å²) >= 11 is 0. The van der Waals surface area contributed by atoms with E-state index >= 15 is 0 Å². The smallest absolute Gasteiger partial charge is 0.0955 e. The summed E-state index contributed by atoms with van der Waals surface area (Å²) < 4.78 is 6.33. The number of benzene rings is 23. The molecule has 0 fully saturated rings. The second-order valence-electron chi connectivity index (χ2n) is 37.4. The van der Waals surface area contributed by atoms with Crippen LogP contribution in [0.4, 0.5) is 0 Å². The molecular formula is C135H91N9. The summed E-state index contributed by atoms with van der Waals surface area (Å²) in [4.78, 5) is 27.9. The first-order valence-electron chi connectivity index (χ1n) is 49.0. The predicted octanol–water partition coefficient (Wildman–Crippen LogP) is 35.1. The first-order chi connectivity index (χ1) is 71.1. The van der Waals surface area contributed by atoms with E-state index in [0.717, 1.165) is 61.4 Å². The minimum atomic E-state index is 0.974. The van der Waals surface area contributed by atoms with Crippen LogP contribution in [0.3, 0.4) is 0 Å². The first-order valence-corrected chi connectivity index (χ1v) is 49.0. The number of fused-ring (bicyclic) bond motifs is 27. The molecule has 0 radical (unpaired) electrons. The van der Waals surface area contributed by atoms with Gasteiger partial charge in [0.2, 0.25) is 0 Å². The minimum Gasteiger partial charge on any atom is -0.333 e. The van der Waals surface area contributed by atoms with Crippen molar-refractivity contribution < 1.29 is 0 Å². The number of imidazole rings is 3. The van der Waals surface area contributed by atoms with E-state index in [0.29, 0.717) is 0 Å². The summed E-state index contributed by atoms with van der Waals surface area (Å²) in [6.45, 7) is 0. The van der Waals surface area contributed by atoms with Crippen LogP contribution >= 0.6 is 0 Å². The average molecular weight is 1840 g/mol. The standard InChI is InChI=1S/C40H26N2.C34H24N4.C32H22N2.C29H19N/c1-3-9-27(10-4-1)29-19-21-41-39(25-29)31-15-17-35-36-18-16-32(24-38(36)34-14-8-7-13-33(34)37(35)23-31)40-26-30(20-22-42-40)28-11-5-2-6-12-28;1-37-19-35-31-11-5-9-23(33(31)37)21-13-15-27-28-16-14-22(24-10-6-12-32-34(24)38(2)20-36-32)18-30(28)26-8-4-3-7-25(26)29(27)17-21;1-34-20-33-31-13-7-12-24(32(31)34)23-15-17-28-27-16-14-22(21-8-3-2-4-9-21)18-29(27)25-10-5-6-11-26(25)30(28)19-23;1-2-8-20(9-3-1)21-16-17-30-29(19-21)22-14-15-27-25-12-5-4-10-23(25)24-11-6-7-13-26(24)28(27)18-22/h1-26H;3-20H,1-2H3;2-20H,1H3;1-19H. The van der Waals surface area contributed by atoms with E-state index in [-0.39, 0.29) is 0 Å². The summed E-state index contributed by atoms with van der Waals surface area (Å²) in [6, 6.07) is 165. The fourth-order valence-corrected chi connectivity index (χ4v) is 22.1. The number of pyridine rings is 3. The van der Waals surface area contributed by atoms with Crippen LogP contribution in [-0.4, -0.2) is 43.6 Å². The molecule has 0 aliphatic carbocycles. The van der Waals surface area contributed by atoms with Crippen molar-refractivity contribution in [3.05, 3.63) is 499 Å². The van der Waals surface area contributed by atoms with Crippen LogP contribution < -0.4 is 0 Å². The Morgan fingerprint density at radius 2 is 0.319 bits per heavy atom. The SMILES string of the molecule is Cn1cnc2cccc(-c3ccc4c5ccc(-c6cccc7ncn(C)c67)cc5c5ccccc5c4c3)c21.Cn1cnc2cccc(-c3ccc4c5ccc(-c6ccccc6)cc5c5ccccc5c4c3)c21.c1ccc(-c2ccnc(-c3ccc4c5ccc(-c6cc(-c7ccccc7)ccn6)cc5c5ccccc5c4c3)c2)cc1.c1ccc(-c2ccnc(-c3ccc4c5ccccc5c5ccccc5c4c3)c2)cc1. The third-order valence-corrected chi connectivity index (χ3v) is 29.0. The lowest BCUT2D eigenvalue weighted by Gasteiger charge is -2.14. The Morgan fingerprint density at radius 3 is 0.562 bits per heavy atom. The Balaban J connectivity index is 0.0000000986. The number of para-hydroxylation sites is 3. The van der Waals surface area contributed by atoms with Gasteiger partial charge in [-0.05, 0) is 288 Å². The third kappa shape index (κ3) is 15.3. The summed E-state index contributed by atoms with van der Waals surface area (Å²) in [7, 11) is 6.19. The molecule has 23 aromatic carbocycles.